The van der Waals surface area contributed by atoms with Crippen LogP contribution in [-0.4, -0.2) is 27.5 Å². The van der Waals surface area contributed by atoms with Gasteiger partial charge in [0.15, 0.2) is 6.61 Å². The number of amides is 1. The largest absolute Gasteiger partial charge is 0.484 e. The van der Waals surface area contributed by atoms with Gasteiger partial charge in [-0.05, 0) is 55.3 Å². The molecule has 6 nitrogen and oxygen atoms in total. The maximum absolute atomic E-state index is 12.1. The van der Waals surface area contributed by atoms with E-state index in [1.54, 1.807) is 0 Å². The lowest BCUT2D eigenvalue weighted by Gasteiger charge is -2.15. The van der Waals surface area contributed by atoms with Crippen molar-refractivity contribution in [1.29, 1.82) is 0 Å². The second-order valence-corrected chi connectivity index (χ2v) is 8.68. The van der Waals surface area contributed by atoms with Gasteiger partial charge in [-0.25, -0.2) is 13.1 Å². The average Bonchev–Trinajstić information content (AvgIpc) is 2.65. The zero-order chi connectivity index (χ0) is 19.9. The van der Waals surface area contributed by atoms with E-state index in [-0.39, 0.29) is 23.5 Å². The first-order valence-electron chi connectivity index (χ1n) is 8.59. The minimum atomic E-state index is -3.51. The lowest BCUT2D eigenvalue weighted by molar-refractivity contribution is -0.123. The molecule has 0 unspecified atom stereocenters. The van der Waals surface area contributed by atoms with Crippen molar-refractivity contribution in [1.82, 2.24) is 10.0 Å². The maximum Gasteiger partial charge on any atom is 0.258 e. The SMILES string of the molecule is CCCNS(=O)(=O)c1ccc(OCC(=O)N[C@@H](C)c2cccc(Br)c2)cc1. The molecule has 27 heavy (non-hydrogen) atoms. The number of benzene rings is 2. The molecule has 2 N–H and O–H groups in total. The van der Waals surface area contributed by atoms with Crippen molar-refractivity contribution in [2.45, 2.75) is 31.2 Å². The molecule has 1 amide bonds. The molecular formula is C19H23BrN2O4S. The standard InChI is InChI=1S/C19H23BrN2O4S/c1-3-11-21-27(24,25)18-9-7-17(8-10-18)26-13-19(23)22-14(2)15-5-4-6-16(20)12-15/h4-10,12,14,21H,3,11,13H2,1-2H3,(H,22,23)/t14-/m0/s1. The van der Waals surface area contributed by atoms with E-state index in [4.69, 9.17) is 4.74 Å². The van der Waals surface area contributed by atoms with Gasteiger partial charge in [-0.2, -0.15) is 0 Å². The van der Waals surface area contributed by atoms with Crippen LogP contribution in [0.5, 0.6) is 5.75 Å². The lowest BCUT2D eigenvalue weighted by atomic mass is 10.1. The number of carbonyl (C=O) groups is 1. The topological polar surface area (TPSA) is 84.5 Å². The summed E-state index contributed by atoms with van der Waals surface area (Å²) in [7, 11) is -3.51. The molecule has 2 aromatic carbocycles. The van der Waals surface area contributed by atoms with Gasteiger partial charge in [0.1, 0.15) is 5.75 Å². The Morgan fingerprint density at radius 2 is 1.89 bits per heavy atom. The Hall–Kier alpha value is -1.90. The number of rotatable bonds is 9. The number of halogens is 1. The van der Waals surface area contributed by atoms with Crippen LogP contribution in [-0.2, 0) is 14.8 Å². The van der Waals surface area contributed by atoms with Gasteiger partial charge in [-0.1, -0.05) is 35.0 Å². The molecule has 0 aromatic heterocycles. The molecule has 146 valence electrons. The summed E-state index contributed by atoms with van der Waals surface area (Å²) in [4.78, 5) is 12.2. The highest BCUT2D eigenvalue weighted by molar-refractivity contribution is 9.10. The Morgan fingerprint density at radius 3 is 2.52 bits per heavy atom. The fraction of sp³-hybridized carbons (Fsp3) is 0.316. The van der Waals surface area contributed by atoms with E-state index in [0.717, 1.165) is 10.0 Å². The molecule has 0 aliphatic heterocycles. The molecule has 2 rings (SSSR count). The molecule has 0 saturated heterocycles. The van der Waals surface area contributed by atoms with E-state index in [9.17, 15) is 13.2 Å². The second-order valence-electron chi connectivity index (χ2n) is 6.00. The van der Waals surface area contributed by atoms with Crippen molar-refractivity contribution in [2.24, 2.45) is 0 Å². The summed E-state index contributed by atoms with van der Waals surface area (Å²) in [5, 5.41) is 2.86. The average molecular weight is 455 g/mol. The van der Waals surface area contributed by atoms with Gasteiger partial charge in [0.2, 0.25) is 10.0 Å². The van der Waals surface area contributed by atoms with Crippen molar-refractivity contribution in [2.75, 3.05) is 13.2 Å². The van der Waals surface area contributed by atoms with Crippen molar-refractivity contribution in [3.8, 4) is 5.75 Å². The Bertz CT molecular complexity index is 870. The molecule has 0 radical (unpaired) electrons. The molecule has 0 aliphatic carbocycles. The van der Waals surface area contributed by atoms with Crippen LogP contribution in [0.1, 0.15) is 31.9 Å². The van der Waals surface area contributed by atoms with Crippen molar-refractivity contribution in [3.63, 3.8) is 0 Å². The van der Waals surface area contributed by atoms with Crippen LogP contribution in [0.4, 0.5) is 0 Å². The number of ether oxygens (including phenoxy) is 1. The number of hydrogen-bond donors (Lipinski definition) is 2. The third kappa shape index (κ3) is 6.64. The van der Waals surface area contributed by atoms with Crippen LogP contribution < -0.4 is 14.8 Å². The highest BCUT2D eigenvalue weighted by atomic mass is 79.9. The maximum atomic E-state index is 12.1. The molecule has 0 aliphatic rings. The molecule has 1 atom stereocenters. The van der Waals surface area contributed by atoms with E-state index in [0.29, 0.717) is 18.7 Å². The predicted octanol–water partition coefficient (Wildman–Crippen LogP) is 3.39. The fourth-order valence-corrected chi connectivity index (χ4v) is 3.88. The molecule has 0 saturated carbocycles. The first-order valence-corrected chi connectivity index (χ1v) is 10.9. The number of carbonyl (C=O) groups excluding carboxylic acids is 1. The second kappa shape index (κ2) is 9.87. The molecule has 0 heterocycles. The van der Waals surface area contributed by atoms with Gasteiger partial charge in [0.05, 0.1) is 10.9 Å². The van der Waals surface area contributed by atoms with Crippen molar-refractivity contribution in [3.05, 3.63) is 58.6 Å². The minimum Gasteiger partial charge on any atom is -0.484 e. The smallest absolute Gasteiger partial charge is 0.258 e. The van der Waals surface area contributed by atoms with Crippen LogP contribution in [0.3, 0.4) is 0 Å². The normalized spacial score (nSPS) is 12.4. The van der Waals surface area contributed by atoms with E-state index < -0.39 is 10.0 Å². The fourth-order valence-electron chi connectivity index (χ4n) is 2.33. The highest BCUT2D eigenvalue weighted by Crippen LogP contribution is 2.18. The van der Waals surface area contributed by atoms with E-state index in [1.165, 1.54) is 24.3 Å². The number of sulfonamides is 1. The Kier molecular flexibility index (Phi) is 7.82. The van der Waals surface area contributed by atoms with Crippen LogP contribution in [0.2, 0.25) is 0 Å². The minimum absolute atomic E-state index is 0.154. The zero-order valence-electron chi connectivity index (χ0n) is 15.2. The first kappa shape index (κ1) is 21.4. The summed E-state index contributed by atoms with van der Waals surface area (Å²) >= 11 is 3.41. The van der Waals surface area contributed by atoms with Gasteiger partial charge in [-0.3, -0.25) is 4.79 Å². The molecule has 0 spiro atoms. The third-order valence-corrected chi connectivity index (χ3v) is 5.74. The Labute approximate surface area is 168 Å². The van der Waals surface area contributed by atoms with Crippen LogP contribution in [0.25, 0.3) is 0 Å². The predicted molar refractivity (Wildman–Crippen MR) is 108 cm³/mol. The van der Waals surface area contributed by atoms with Gasteiger partial charge in [0, 0.05) is 11.0 Å². The van der Waals surface area contributed by atoms with Crippen molar-refractivity contribution < 1.29 is 17.9 Å². The molecule has 0 bridgehead atoms. The summed E-state index contributed by atoms with van der Waals surface area (Å²) in [5.74, 6) is 0.165. The number of nitrogens with one attached hydrogen (secondary N) is 2. The summed E-state index contributed by atoms with van der Waals surface area (Å²) < 4.78 is 32.9. The summed E-state index contributed by atoms with van der Waals surface area (Å²) in [6, 6.07) is 13.5. The van der Waals surface area contributed by atoms with E-state index in [2.05, 4.69) is 26.0 Å². The van der Waals surface area contributed by atoms with Crippen LogP contribution >= 0.6 is 15.9 Å². The third-order valence-electron chi connectivity index (χ3n) is 3.77. The summed E-state index contributed by atoms with van der Waals surface area (Å²) in [6.45, 7) is 4.01. The summed E-state index contributed by atoms with van der Waals surface area (Å²) in [6.07, 6.45) is 0.716. The molecule has 0 fully saturated rings. The monoisotopic (exact) mass is 454 g/mol. The highest BCUT2D eigenvalue weighted by Gasteiger charge is 2.14. The zero-order valence-corrected chi connectivity index (χ0v) is 17.6. The molecule has 2 aromatic rings. The Morgan fingerprint density at radius 1 is 1.19 bits per heavy atom. The Balaban J connectivity index is 1.88. The van der Waals surface area contributed by atoms with Gasteiger partial charge < -0.3 is 10.1 Å². The summed E-state index contributed by atoms with van der Waals surface area (Å²) in [5.41, 5.74) is 0.979. The van der Waals surface area contributed by atoms with Gasteiger partial charge in [0.25, 0.3) is 5.91 Å². The molecular weight excluding hydrogens is 432 g/mol. The van der Waals surface area contributed by atoms with Gasteiger partial charge in [-0.15, -0.1) is 0 Å². The van der Waals surface area contributed by atoms with E-state index >= 15 is 0 Å². The number of hydrogen-bond acceptors (Lipinski definition) is 4. The first-order chi connectivity index (χ1) is 12.8. The van der Waals surface area contributed by atoms with Crippen LogP contribution in [0.15, 0.2) is 57.9 Å². The van der Waals surface area contributed by atoms with Crippen molar-refractivity contribution >= 4 is 31.9 Å². The quantitative estimate of drug-likeness (QED) is 0.607. The molecule has 8 heteroatoms. The lowest BCUT2D eigenvalue weighted by Crippen LogP contribution is -2.31. The van der Waals surface area contributed by atoms with Crippen LogP contribution in [0, 0.1) is 0 Å². The van der Waals surface area contributed by atoms with Gasteiger partial charge >= 0.3 is 0 Å². The van der Waals surface area contributed by atoms with E-state index in [1.807, 2.05) is 38.1 Å².